The average Bonchev–Trinajstić information content (AvgIpc) is 2.98. The van der Waals surface area contributed by atoms with Crippen LogP contribution in [0.25, 0.3) is 5.65 Å². The van der Waals surface area contributed by atoms with Gasteiger partial charge < -0.3 is 5.32 Å². The average molecular weight is 298 g/mol. The van der Waals surface area contributed by atoms with E-state index in [0.29, 0.717) is 12.5 Å². The number of fused-ring (bicyclic) bond motifs is 1. The van der Waals surface area contributed by atoms with Crippen LogP contribution in [0, 0.1) is 20.8 Å². The molecule has 116 valence electrons. The number of hydrogen-bond donors (Lipinski definition) is 2. The van der Waals surface area contributed by atoms with Crippen molar-refractivity contribution in [1.82, 2.24) is 24.8 Å². The van der Waals surface area contributed by atoms with Crippen LogP contribution >= 0.6 is 0 Å². The minimum absolute atomic E-state index is 0.373. The van der Waals surface area contributed by atoms with Crippen molar-refractivity contribution in [2.45, 2.75) is 47.1 Å². The lowest BCUT2D eigenvalue weighted by molar-refractivity contribution is 0.806. The molecule has 0 saturated carbocycles. The molecule has 0 bridgehead atoms. The molecule has 3 rings (SSSR count). The molecule has 2 N–H and O–H groups in total. The maximum Gasteiger partial charge on any atom is 0.157 e. The van der Waals surface area contributed by atoms with Crippen molar-refractivity contribution in [3.8, 4) is 0 Å². The van der Waals surface area contributed by atoms with E-state index >= 15 is 0 Å². The molecule has 3 aromatic heterocycles. The van der Waals surface area contributed by atoms with Gasteiger partial charge in [-0.3, -0.25) is 5.10 Å². The molecule has 22 heavy (non-hydrogen) atoms. The molecule has 3 heterocycles. The van der Waals surface area contributed by atoms with Crippen molar-refractivity contribution in [2.75, 3.05) is 5.32 Å². The molecular weight excluding hydrogens is 276 g/mol. The van der Waals surface area contributed by atoms with Gasteiger partial charge in [0.2, 0.25) is 0 Å². The number of nitrogens with zero attached hydrogens (tertiary/aromatic N) is 4. The van der Waals surface area contributed by atoms with E-state index in [4.69, 9.17) is 0 Å². The Morgan fingerprint density at radius 3 is 2.64 bits per heavy atom. The van der Waals surface area contributed by atoms with Gasteiger partial charge in [0.05, 0.1) is 11.4 Å². The first kappa shape index (κ1) is 14.6. The Bertz CT molecular complexity index is 792. The summed E-state index contributed by atoms with van der Waals surface area (Å²) >= 11 is 0. The van der Waals surface area contributed by atoms with Crippen LogP contribution in [-0.4, -0.2) is 24.8 Å². The zero-order chi connectivity index (χ0) is 15.9. The Balaban J connectivity index is 1.98. The normalized spacial score (nSPS) is 11.5. The Labute approximate surface area is 130 Å². The van der Waals surface area contributed by atoms with E-state index in [1.165, 1.54) is 5.56 Å². The van der Waals surface area contributed by atoms with Crippen LogP contribution in [0.3, 0.4) is 0 Å². The monoisotopic (exact) mass is 298 g/mol. The highest BCUT2D eigenvalue weighted by Gasteiger charge is 2.12. The topological polar surface area (TPSA) is 70.9 Å². The van der Waals surface area contributed by atoms with E-state index in [2.05, 4.69) is 45.5 Å². The van der Waals surface area contributed by atoms with Crippen LogP contribution < -0.4 is 5.32 Å². The van der Waals surface area contributed by atoms with E-state index in [1.807, 2.05) is 31.4 Å². The van der Waals surface area contributed by atoms with Gasteiger partial charge >= 0.3 is 0 Å². The SMILES string of the molecule is Cc1cc2nc(C(C)C)cc(NCc3c(C)n[nH]c3C)n2n1. The maximum atomic E-state index is 4.68. The molecule has 0 fully saturated rings. The van der Waals surface area contributed by atoms with Gasteiger partial charge in [0.15, 0.2) is 5.65 Å². The Morgan fingerprint density at radius 2 is 2.00 bits per heavy atom. The first-order valence-corrected chi connectivity index (χ1v) is 7.57. The molecule has 3 aromatic rings. The molecule has 0 aromatic carbocycles. The Morgan fingerprint density at radius 1 is 1.23 bits per heavy atom. The number of rotatable bonds is 4. The predicted octanol–water partition coefficient (Wildman–Crippen LogP) is 3.11. The highest BCUT2D eigenvalue weighted by atomic mass is 15.3. The summed E-state index contributed by atoms with van der Waals surface area (Å²) < 4.78 is 1.87. The molecule has 0 aliphatic heterocycles. The van der Waals surface area contributed by atoms with Crippen molar-refractivity contribution in [3.05, 3.63) is 40.5 Å². The third kappa shape index (κ3) is 2.56. The van der Waals surface area contributed by atoms with E-state index in [1.54, 1.807) is 0 Å². The standard InChI is InChI=1S/C16H22N6/c1-9(2)14-7-15(22-16(18-14)6-10(3)21-22)17-8-13-11(4)19-20-12(13)5/h6-7,9,17H,8H2,1-5H3,(H,19,20). The fourth-order valence-electron chi connectivity index (χ4n) is 2.54. The van der Waals surface area contributed by atoms with Crippen LogP contribution in [0.1, 0.15) is 48.1 Å². The highest BCUT2D eigenvalue weighted by molar-refractivity contribution is 5.51. The number of nitrogens with one attached hydrogen (secondary N) is 2. The van der Waals surface area contributed by atoms with Crippen molar-refractivity contribution >= 4 is 11.5 Å². The van der Waals surface area contributed by atoms with Crippen LogP contribution in [-0.2, 0) is 6.54 Å². The van der Waals surface area contributed by atoms with Crippen molar-refractivity contribution in [2.24, 2.45) is 0 Å². The number of anilines is 1. The first-order chi connectivity index (χ1) is 10.5. The number of aromatic amines is 1. The van der Waals surface area contributed by atoms with Gasteiger partial charge in [-0.15, -0.1) is 0 Å². The van der Waals surface area contributed by atoms with Crippen molar-refractivity contribution < 1.29 is 0 Å². The summed E-state index contributed by atoms with van der Waals surface area (Å²) in [4.78, 5) is 4.68. The summed E-state index contributed by atoms with van der Waals surface area (Å²) in [5, 5.41) is 15.3. The lowest BCUT2D eigenvalue weighted by Crippen LogP contribution is -2.09. The molecule has 0 aliphatic carbocycles. The predicted molar refractivity (Wildman–Crippen MR) is 87.2 cm³/mol. The molecule has 0 unspecified atom stereocenters. The molecule has 6 nitrogen and oxygen atoms in total. The van der Waals surface area contributed by atoms with Crippen molar-refractivity contribution in [1.29, 1.82) is 0 Å². The van der Waals surface area contributed by atoms with Crippen LogP contribution in [0.5, 0.6) is 0 Å². The lowest BCUT2D eigenvalue weighted by Gasteiger charge is -2.12. The smallest absolute Gasteiger partial charge is 0.157 e. The van der Waals surface area contributed by atoms with E-state index in [0.717, 1.165) is 34.2 Å². The second-order valence-corrected chi connectivity index (χ2v) is 6.04. The summed E-state index contributed by atoms with van der Waals surface area (Å²) in [6, 6.07) is 4.08. The van der Waals surface area contributed by atoms with Crippen LogP contribution in [0.15, 0.2) is 12.1 Å². The summed E-state index contributed by atoms with van der Waals surface area (Å²) in [7, 11) is 0. The molecule has 0 spiro atoms. The minimum atomic E-state index is 0.373. The molecule has 0 saturated heterocycles. The second kappa shape index (κ2) is 5.44. The fraction of sp³-hybridized carbons (Fsp3) is 0.438. The van der Waals surface area contributed by atoms with Crippen LogP contribution in [0.2, 0.25) is 0 Å². The summed E-state index contributed by atoms with van der Waals surface area (Å²) in [6.45, 7) is 11.0. The molecule has 0 atom stereocenters. The minimum Gasteiger partial charge on any atom is -0.366 e. The van der Waals surface area contributed by atoms with Gasteiger partial charge in [-0.2, -0.15) is 14.7 Å². The Hall–Kier alpha value is -2.37. The molecule has 0 aliphatic rings. The third-order valence-electron chi connectivity index (χ3n) is 3.89. The van der Waals surface area contributed by atoms with Gasteiger partial charge in [0.25, 0.3) is 0 Å². The van der Waals surface area contributed by atoms with E-state index in [-0.39, 0.29) is 0 Å². The van der Waals surface area contributed by atoms with Gasteiger partial charge in [-0.05, 0) is 26.7 Å². The van der Waals surface area contributed by atoms with E-state index < -0.39 is 0 Å². The molecule has 0 amide bonds. The number of hydrogen-bond acceptors (Lipinski definition) is 4. The summed E-state index contributed by atoms with van der Waals surface area (Å²) in [6.07, 6.45) is 0. The number of H-pyrrole nitrogens is 1. The van der Waals surface area contributed by atoms with Gasteiger partial charge in [-0.1, -0.05) is 13.8 Å². The molecular formula is C16H22N6. The van der Waals surface area contributed by atoms with E-state index in [9.17, 15) is 0 Å². The fourth-order valence-corrected chi connectivity index (χ4v) is 2.54. The van der Waals surface area contributed by atoms with Gasteiger partial charge in [-0.25, -0.2) is 4.98 Å². The molecule has 0 radical (unpaired) electrons. The third-order valence-corrected chi connectivity index (χ3v) is 3.89. The van der Waals surface area contributed by atoms with Crippen molar-refractivity contribution in [3.63, 3.8) is 0 Å². The number of aryl methyl sites for hydroxylation is 3. The first-order valence-electron chi connectivity index (χ1n) is 7.57. The quantitative estimate of drug-likeness (QED) is 0.776. The van der Waals surface area contributed by atoms with Crippen LogP contribution in [0.4, 0.5) is 5.82 Å². The summed E-state index contributed by atoms with van der Waals surface area (Å²) in [5.41, 5.74) is 6.22. The Kier molecular flexibility index (Phi) is 3.60. The van der Waals surface area contributed by atoms with Gasteiger partial charge in [0.1, 0.15) is 5.82 Å². The van der Waals surface area contributed by atoms with Gasteiger partial charge in [0, 0.05) is 35.6 Å². The maximum absolute atomic E-state index is 4.68. The lowest BCUT2D eigenvalue weighted by atomic mass is 10.1. The largest absolute Gasteiger partial charge is 0.366 e. The molecule has 6 heteroatoms. The number of aromatic nitrogens is 5. The second-order valence-electron chi connectivity index (χ2n) is 6.04. The summed E-state index contributed by atoms with van der Waals surface area (Å²) in [5.74, 6) is 1.33. The zero-order valence-electron chi connectivity index (χ0n) is 13.7. The zero-order valence-corrected chi connectivity index (χ0v) is 13.7. The highest BCUT2D eigenvalue weighted by Crippen LogP contribution is 2.21.